The van der Waals surface area contributed by atoms with Crippen molar-refractivity contribution < 1.29 is 23.4 Å². The zero-order valence-corrected chi connectivity index (χ0v) is 19.4. The van der Waals surface area contributed by atoms with Gasteiger partial charge in [-0.05, 0) is 68.8 Å². The van der Waals surface area contributed by atoms with Gasteiger partial charge in [-0.2, -0.15) is 5.10 Å². The van der Waals surface area contributed by atoms with Crippen LogP contribution in [0.25, 0.3) is 0 Å². The van der Waals surface area contributed by atoms with E-state index in [9.17, 15) is 4.79 Å². The molecule has 4 rings (SSSR count). The highest BCUT2D eigenvalue weighted by atomic mass is 16.5. The van der Waals surface area contributed by atoms with E-state index in [2.05, 4.69) is 16.5 Å². The standard InChI is InChI=1S/C26H27N3O5/c1-4-31-21-6-8-22(9-7-21)32-16-23-10-12-25(34-23)26(30)28-20-14-27-29(15-20)17-33-24-11-5-18(2)13-19(24)3/h5-15H,4,16-17H2,1-3H3,(H,28,30). The molecule has 8 nitrogen and oxygen atoms in total. The van der Waals surface area contributed by atoms with Gasteiger partial charge in [-0.25, -0.2) is 4.68 Å². The molecular weight excluding hydrogens is 434 g/mol. The summed E-state index contributed by atoms with van der Waals surface area (Å²) in [7, 11) is 0. The summed E-state index contributed by atoms with van der Waals surface area (Å²) >= 11 is 0. The summed E-state index contributed by atoms with van der Waals surface area (Å²) in [5, 5.41) is 7.00. The molecule has 4 aromatic rings. The van der Waals surface area contributed by atoms with Crippen LogP contribution in [0.3, 0.4) is 0 Å². The fraction of sp³-hybridized carbons (Fsp3) is 0.231. The van der Waals surface area contributed by atoms with E-state index in [0.29, 0.717) is 23.8 Å². The summed E-state index contributed by atoms with van der Waals surface area (Å²) in [5.41, 5.74) is 2.77. The molecule has 0 saturated heterocycles. The lowest BCUT2D eigenvalue weighted by Crippen LogP contribution is -2.10. The van der Waals surface area contributed by atoms with Gasteiger partial charge in [-0.15, -0.1) is 0 Å². The number of carbonyl (C=O) groups excluding carboxylic acids is 1. The molecule has 0 saturated carbocycles. The maximum atomic E-state index is 12.5. The first-order valence-electron chi connectivity index (χ1n) is 11.0. The molecule has 2 aromatic carbocycles. The number of nitrogens with zero attached hydrogens (tertiary/aromatic N) is 2. The summed E-state index contributed by atoms with van der Waals surface area (Å²) in [6.45, 7) is 7.01. The highest BCUT2D eigenvalue weighted by molar-refractivity contribution is 6.02. The molecule has 0 atom stereocenters. The number of aromatic nitrogens is 2. The van der Waals surface area contributed by atoms with E-state index in [1.807, 2.05) is 57.2 Å². The van der Waals surface area contributed by atoms with Crippen LogP contribution >= 0.6 is 0 Å². The van der Waals surface area contributed by atoms with Gasteiger partial charge in [0.15, 0.2) is 12.5 Å². The molecule has 34 heavy (non-hydrogen) atoms. The van der Waals surface area contributed by atoms with Crippen molar-refractivity contribution in [1.82, 2.24) is 9.78 Å². The Hall–Kier alpha value is -4.20. The van der Waals surface area contributed by atoms with Crippen LogP contribution in [-0.2, 0) is 13.3 Å². The SMILES string of the molecule is CCOc1ccc(OCc2ccc(C(=O)Nc3cnn(COc4ccc(C)cc4C)c3)o2)cc1. The minimum atomic E-state index is -0.373. The van der Waals surface area contributed by atoms with Gasteiger partial charge in [0.05, 0.1) is 24.7 Å². The van der Waals surface area contributed by atoms with Gasteiger partial charge in [0.25, 0.3) is 5.91 Å². The number of carbonyl (C=O) groups is 1. The van der Waals surface area contributed by atoms with Gasteiger partial charge in [0.2, 0.25) is 0 Å². The van der Waals surface area contributed by atoms with Crippen molar-refractivity contribution in [3.63, 3.8) is 0 Å². The zero-order valence-electron chi connectivity index (χ0n) is 19.4. The van der Waals surface area contributed by atoms with Crippen LogP contribution in [0.15, 0.2) is 71.4 Å². The number of ether oxygens (including phenoxy) is 3. The fourth-order valence-electron chi connectivity index (χ4n) is 3.32. The summed E-state index contributed by atoms with van der Waals surface area (Å²) in [6.07, 6.45) is 3.25. The highest BCUT2D eigenvalue weighted by Gasteiger charge is 2.13. The lowest BCUT2D eigenvalue weighted by Gasteiger charge is -2.09. The number of hydrogen-bond acceptors (Lipinski definition) is 6. The smallest absolute Gasteiger partial charge is 0.291 e. The maximum absolute atomic E-state index is 12.5. The maximum Gasteiger partial charge on any atom is 0.291 e. The average Bonchev–Trinajstić information content (AvgIpc) is 3.48. The van der Waals surface area contributed by atoms with Crippen molar-refractivity contribution >= 4 is 11.6 Å². The van der Waals surface area contributed by atoms with E-state index in [-0.39, 0.29) is 25.0 Å². The van der Waals surface area contributed by atoms with Crippen LogP contribution in [0, 0.1) is 13.8 Å². The van der Waals surface area contributed by atoms with E-state index >= 15 is 0 Å². The van der Waals surface area contributed by atoms with Crippen LogP contribution in [0.5, 0.6) is 17.2 Å². The summed E-state index contributed by atoms with van der Waals surface area (Å²) in [5.74, 6) is 2.61. The minimum Gasteiger partial charge on any atom is -0.494 e. The van der Waals surface area contributed by atoms with E-state index in [4.69, 9.17) is 18.6 Å². The molecule has 176 valence electrons. The van der Waals surface area contributed by atoms with E-state index in [1.54, 1.807) is 29.2 Å². The molecule has 2 aromatic heterocycles. The van der Waals surface area contributed by atoms with Gasteiger partial charge in [-0.1, -0.05) is 17.7 Å². The van der Waals surface area contributed by atoms with Gasteiger partial charge < -0.3 is 23.9 Å². The van der Waals surface area contributed by atoms with Crippen molar-refractivity contribution in [2.75, 3.05) is 11.9 Å². The number of furan rings is 1. The Morgan fingerprint density at radius 3 is 2.50 bits per heavy atom. The van der Waals surface area contributed by atoms with Gasteiger partial charge in [0.1, 0.15) is 29.6 Å². The first-order valence-corrected chi connectivity index (χ1v) is 11.0. The Morgan fingerprint density at radius 1 is 1.00 bits per heavy atom. The predicted molar refractivity (Wildman–Crippen MR) is 127 cm³/mol. The number of amides is 1. The molecule has 0 unspecified atom stereocenters. The first kappa shape index (κ1) is 23.0. The Labute approximate surface area is 198 Å². The lowest BCUT2D eigenvalue weighted by atomic mass is 10.1. The third kappa shape index (κ3) is 5.98. The average molecular weight is 462 g/mol. The molecule has 1 amide bonds. The first-order chi connectivity index (χ1) is 16.5. The van der Waals surface area contributed by atoms with Crippen LogP contribution in [-0.4, -0.2) is 22.3 Å². The second kappa shape index (κ2) is 10.6. The monoisotopic (exact) mass is 461 g/mol. The Bertz CT molecular complexity index is 1240. The van der Waals surface area contributed by atoms with Crippen molar-refractivity contribution in [2.24, 2.45) is 0 Å². The number of aryl methyl sites for hydroxylation is 2. The van der Waals surface area contributed by atoms with Crippen LogP contribution < -0.4 is 19.5 Å². The molecular formula is C26H27N3O5. The molecule has 0 radical (unpaired) electrons. The van der Waals surface area contributed by atoms with Crippen molar-refractivity contribution in [3.05, 3.63) is 89.6 Å². The lowest BCUT2D eigenvalue weighted by molar-refractivity contribution is 0.0992. The zero-order chi connectivity index (χ0) is 23.9. The highest BCUT2D eigenvalue weighted by Crippen LogP contribution is 2.21. The molecule has 8 heteroatoms. The number of nitrogens with one attached hydrogen (secondary N) is 1. The van der Waals surface area contributed by atoms with Crippen LogP contribution in [0.2, 0.25) is 0 Å². The van der Waals surface area contributed by atoms with Crippen molar-refractivity contribution in [2.45, 2.75) is 34.1 Å². The topological polar surface area (TPSA) is 87.8 Å². The second-order valence-corrected chi connectivity index (χ2v) is 7.72. The largest absolute Gasteiger partial charge is 0.494 e. The summed E-state index contributed by atoms with van der Waals surface area (Å²) < 4.78 is 24.2. The fourth-order valence-corrected chi connectivity index (χ4v) is 3.32. The van der Waals surface area contributed by atoms with Crippen molar-refractivity contribution in [1.29, 1.82) is 0 Å². The number of rotatable bonds is 10. The third-order valence-corrected chi connectivity index (χ3v) is 4.98. The van der Waals surface area contributed by atoms with E-state index < -0.39 is 0 Å². The van der Waals surface area contributed by atoms with Crippen LogP contribution in [0.1, 0.15) is 34.4 Å². The summed E-state index contributed by atoms with van der Waals surface area (Å²) in [6, 6.07) is 16.6. The number of benzene rings is 2. The Balaban J connectivity index is 1.27. The van der Waals surface area contributed by atoms with Gasteiger partial charge in [-0.3, -0.25) is 4.79 Å². The molecule has 0 aliphatic rings. The van der Waals surface area contributed by atoms with Gasteiger partial charge >= 0.3 is 0 Å². The second-order valence-electron chi connectivity index (χ2n) is 7.72. The number of hydrogen-bond donors (Lipinski definition) is 1. The van der Waals surface area contributed by atoms with Crippen molar-refractivity contribution in [3.8, 4) is 17.2 Å². The quantitative estimate of drug-likeness (QED) is 0.342. The Morgan fingerprint density at radius 2 is 1.76 bits per heavy atom. The van der Waals surface area contributed by atoms with E-state index in [1.165, 1.54) is 5.56 Å². The van der Waals surface area contributed by atoms with Crippen LogP contribution in [0.4, 0.5) is 5.69 Å². The molecule has 0 fully saturated rings. The molecule has 0 spiro atoms. The molecule has 2 heterocycles. The third-order valence-electron chi connectivity index (χ3n) is 4.98. The number of anilines is 1. The molecule has 0 bridgehead atoms. The Kier molecular flexibility index (Phi) is 7.17. The predicted octanol–water partition coefficient (Wildman–Crippen LogP) is 5.36. The normalized spacial score (nSPS) is 10.7. The molecule has 0 aliphatic heterocycles. The summed E-state index contributed by atoms with van der Waals surface area (Å²) in [4.78, 5) is 12.5. The molecule has 0 aliphatic carbocycles. The van der Waals surface area contributed by atoms with Gasteiger partial charge in [0, 0.05) is 0 Å². The van der Waals surface area contributed by atoms with E-state index in [0.717, 1.165) is 17.1 Å². The molecule has 1 N–H and O–H groups in total. The minimum absolute atomic E-state index is 0.185.